The second kappa shape index (κ2) is 4.12. The number of hydrogen-bond donors (Lipinski definition) is 2. The molecule has 3 heteroatoms. The van der Waals surface area contributed by atoms with E-state index in [4.69, 9.17) is 5.73 Å². The lowest BCUT2D eigenvalue weighted by Crippen LogP contribution is -2.43. The average Bonchev–Trinajstić information content (AvgIpc) is 3.03. The third kappa shape index (κ3) is 2.03. The highest BCUT2D eigenvalue weighted by molar-refractivity contribution is 5.78. The van der Waals surface area contributed by atoms with E-state index in [2.05, 4.69) is 0 Å². The maximum atomic E-state index is 11.2. The fourth-order valence-corrected chi connectivity index (χ4v) is 2.95. The van der Waals surface area contributed by atoms with Crippen LogP contribution in [0.2, 0.25) is 0 Å². The van der Waals surface area contributed by atoms with Gasteiger partial charge in [-0.05, 0) is 31.6 Å². The van der Waals surface area contributed by atoms with Crippen molar-refractivity contribution in [3.05, 3.63) is 0 Å². The standard InChI is InChI=1S/C12H21NO2/c13-10(12(7-8-12)11(14)15)9-5-3-1-2-4-6-9/h9-10H,1-8,13H2,(H,14,15). The average molecular weight is 211 g/mol. The van der Waals surface area contributed by atoms with Gasteiger partial charge in [0.1, 0.15) is 0 Å². The topological polar surface area (TPSA) is 63.3 Å². The first-order valence-corrected chi connectivity index (χ1v) is 6.16. The summed E-state index contributed by atoms with van der Waals surface area (Å²) in [5.41, 5.74) is 5.63. The summed E-state index contributed by atoms with van der Waals surface area (Å²) in [5.74, 6) is -0.217. The van der Waals surface area contributed by atoms with Gasteiger partial charge in [-0.2, -0.15) is 0 Å². The Bertz CT molecular complexity index is 240. The molecule has 2 rings (SSSR count). The van der Waals surface area contributed by atoms with Gasteiger partial charge in [0.15, 0.2) is 0 Å². The summed E-state index contributed by atoms with van der Waals surface area (Å²) in [6.45, 7) is 0. The molecule has 0 heterocycles. The first-order chi connectivity index (χ1) is 7.17. The molecule has 2 aliphatic carbocycles. The molecule has 0 radical (unpaired) electrons. The first-order valence-electron chi connectivity index (χ1n) is 6.16. The molecule has 15 heavy (non-hydrogen) atoms. The molecule has 0 aliphatic heterocycles. The molecule has 86 valence electrons. The quantitative estimate of drug-likeness (QED) is 0.703. The molecule has 0 spiro atoms. The predicted molar refractivity (Wildman–Crippen MR) is 58.5 cm³/mol. The molecule has 0 aromatic rings. The van der Waals surface area contributed by atoms with Crippen LogP contribution >= 0.6 is 0 Å². The van der Waals surface area contributed by atoms with Crippen LogP contribution in [0.3, 0.4) is 0 Å². The number of aliphatic carboxylic acids is 1. The van der Waals surface area contributed by atoms with Crippen molar-refractivity contribution < 1.29 is 9.90 Å². The molecule has 2 saturated carbocycles. The second-order valence-electron chi connectivity index (χ2n) is 5.24. The Labute approximate surface area is 91.0 Å². The van der Waals surface area contributed by atoms with Gasteiger partial charge >= 0.3 is 5.97 Å². The van der Waals surface area contributed by atoms with E-state index in [0.717, 1.165) is 25.7 Å². The van der Waals surface area contributed by atoms with Crippen LogP contribution in [0.5, 0.6) is 0 Å². The predicted octanol–water partition coefficient (Wildman–Crippen LogP) is 2.15. The third-order valence-electron chi connectivity index (χ3n) is 4.26. The Morgan fingerprint density at radius 3 is 2.13 bits per heavy atom. The summed E-state index contributed by atoms with van der Waals surface area (Å²) in [7, 11) is 0. The van der Waals surface area contributed by atoms with Crippen molar-refractivity contribution in [2.75, 3.05) is 0 Å². The number of nitrogens with two attached hydrogens (primary N) is 1. The molecule has 0 saturated heterocycles. The first kappa shape index (κ1) is 10.9. The summed E-state index contributed by atoms with van der Waals surface area (Å²) in [6.07, 6.45) is 8.90. The van der Waals surface area contributed by atoms with Crippen LogP contribution in [0.4, 0.5) is 0 Å². The van der Waals surface area contributed by atoms with Crippen molar-refractivity contribution in [1.29, 1.82) is 0 Å². The van der Waals surface area contributed by atoms with Gasteiger partial charge in [-0.3, -0.25) is 4.79 Å². The van der Waals surface area contributed by atoms with E-state index in [0.29, 0.717) is 5.92 Å². The summed E-state index contributed by atoms with van der Waals surface area (Å²) < 4.78 is 0. The fourth-order valence-electron chi connectivity index (χ4n) is 2.95. The van der Waals surface area contributed by atoms with E-state index in [9.17, 15) is 9.90 Å². The van der Waals surface area contributed by atoms with Crippen molar-refractivity contribution >= 4 is 5.97 Å². The molecule has 0 bridgehead atoms. The zero-order valence-corrected chi connectivity index (χ0v) is 9.24. The van der Waals surface area contributed by atoms with Gasteiger partial charge in [0.25, 0.3) is 0 Å². The van der Waals surface area contributed by atoms with Crippen LogP contribution in [0, 0.1) is 11.3 Å². The molecule has 2 fully saturated rings. The lowest BCUT2D eigenvalue weighted by Gasteiger charge is -2.27. The van der Waals surface area contributed by atoms with Gasteiger partial charge in [-0.25, -0.2) is 0 Å². The van der Waals surface area contributed by atoms with Crippen molar-refractivity contribution in [3.8, 4) is 0 Å². The summed E-state index contributed by atoms with van der Waals surface area (Å²) in [4.78, 5) is 11.2. The molecular formula is C12H21NO2. The molecule has 3 N–H and O–H groups in total. The number of carbonyl (C=O) groups is 1. The molecule has 3 nitrogen and oxygen atoms in total. The van der Waals surface area contributed by atoms with Crippen molar-refractivity contribution in [3.63, 3.8) is 0 Å². The second-order valence-corrected chi connectivity index (χ2v) is 5.24. The number of hydrogen-bond acceptors (Lipinski definition) is 2. The molecule has 0 aromatic carbocycles. The highest BCUT2D eigenvalue weighted by Crippen LogP contribution is 2.51. The minimum absolute atomic E-state index is 0.104. The van der Waals surface area contributed by atoms with Gasteiger partial charge in [-0.15, -0.1) is 0 Å². The van der Waals surface area contributed by atoms with E-state index in [1.807, 2.05) is 0 Å². The molecule has 1 atom stereocenters. The van der Waals surface area contributed by atoms with Crippen LogP contribution < -0.4 is 5.73 Å². The summed E-state index contributed by atoms with van der Waals surface area (Å²) in [6, 6.07) is -0.104. The van der Waals surface area contributed by atoms with Crippen LogP contribution in [0.25, 0.3) is 0 Å². The Morgan fingerprint density at radius 1 is 1.20 bits per heavy atom. The van der Waals surface area contributed by atoms with Crippen molar-refractivity contribution in [2.24, 2.45) is 17.1 Å². The Hall–Kier alpha value is -0.570. The summed E-state index contributed by atoms with van der Waals surface area (Å²) >= 11 is 0. The van der Waals surface area contributed by atoms with E-state index in [1.165, 1.54) is 25.7 Å². The van der Waals surface area contributed by atoms with E-state index in [-0.39, 0.29) is 6.04 Å². The maximum Gasteiger partial charge on any atom is 0.311 e. The molecule has 1 unspecified atom stereocenters. The lowest BCUT2D eigenvalue weighted by molar-refractivity contribution is -0.144. The van der Waals surface area contributed by atoms with Gasteiger partial charge in [0.05, 0.1) is 5.41 Å². The molecule has 0 aromatic heterocycles. The van der Waals surface area contributed by atoms with Gasteiger partial charge < -0.3 is 10.8 Å². The zero-order valence-electron chi connectivity index (χ0n) is 9.24. The van der Waals surface area contributed by atoms with E-state index < -0.39 is 11.4 Å². The number of rotatable bonds is 3. The molecule has 2 aliphatic rings. The fraction of sp³-hybridized carbons (Fsp3) is 0.917. The number of carboxylic acids is 1. The SMILES string of the molecule is NC(C1CCCCCC1)C1(C(=O)O)CC1. The smallest absolute Gasteiger partial charge is 0.311 e. The highest BCUT2D eigenvalue weighted by atomic mass is 16.4. The molecule has 0 amide bonds. The normalized spacial score (nSPS) is 28.1. The summed E-state index contributed by atoms with van der Waals surface area (Å²) in [5, 5.41) is 9.20. The lowest BCUT2D eigenvalue weighted by atomic mass is 9.82. The van der Waals surface area contributed by atoms with Crippen LogP contribution in [-0.2, 0) is 4.79 Å². The van der Waals surface area contributed by atoms with Crippen molar-refractivity contribution in [1.82, 2.24) is 0 Å². The minimum atomic E-state index is -0.667. The number of carboxylic acid groups (broad SMARTS) is 1. The van der Waals surface area contributed by atoms with Crippen LogP contribution in [0.1, 0.15) is 51.4 Å². The van der Waals surface area contributed by atoms with E-state index >= 15 is 0 Å². The van der Waals surface area contributed by atoms with Crippen molar-refractivity contribution in [2.45, 2.75) is 57.4 Å². The van der Waals surface area contributed by atoms with Gasteiger partial charge in [-0.1, -0.05) is 25.7 Å². The highest BCUT2D eigenvalue weighted by Gasteiger charge is 2.56. The Balaban J connectivity index is 2.00. The van der Waals surface area contributed by atoms with Crippen LogP contribution in [-0.4, -0.2) is 17.1 Å². The van der Waals surface area contributed by atoms with E-state index in [1.54, 1.807) is 0 Å². The largest absolute Gasteiger partial charge is 0.481 e. The third-order valence-corrected chi connectivity index (χ3v) is 4.26. The Kier molecular flexibility index (Phi) is 3.01. The van der Waals surface area contributed by atoms with Gasteiger partial charge in [0, 0.05) is 6.04 Å². The molecular weight excluding hydrogens is 190 g/mol. The van der Waals surface area contributed by atoms with Crippen LogP contribution in [0.15, 0.2) is 0 Å². The monoisotopic (exact) mass is 211 g/mol. The zero-order chi connectivity index (χ0) is 10.9. The Morgan fingerprint density at radius 2 is 1.73 bits per heavy atom. The maximum absolute atomic E-state index is 11.2. The van der Waals surface area contributed by atoms with Gasteiger partial charge in [0.2, 0.25) is 0 Å². The minimum Gasteiger partial charge on any atom is -0.481 e.